The molecule has 98 valence electrons. The first-order chi connectivity index (χ1) is 9.06. The number of likely N-dealkylation sites (N-methyl/N-ethyl adjacent to an activating group) is 1. The van der Waals surface area contributed by atoms with Crippen LogP contribution in [0.2, 0.25) is 0 Å². The lowest BCUT2D eigenvalue weighted by molar-refractivity contribution is -0.120. The zero-order chi connectivity index (χ0) is 13.6. The molecule has 0 atom stereocenters. The first-order valence-corrected chi connectivity index (χ1v) is 6.77. The lowest BCUT2D eigenvalue weighted by atomic mass is 10.1. The Morgan fingerprint density at radius 3 is 2.84 bits per heavy atom. The molecule has 0 aliphatic carbocycles. The maximum Gasteiger partial charge on any atom is 0.264 e. The van der Waals surface area contributed by atoms with Crippen LogP contribution in [-0.2, 0) is 4.79 Å². The second-order valence-corrected chi connectivity index (χ2v) is 5.85. The maximum absolute atomic E-state index is 11.7. The van der Waals surface area contributed by atoms with E-state index in [2.05, 4.69) is 6.07 Å². The normalized spacial score (nSPS) is 14.2. The Labute approximate surface area is 115 Å². The van der Waals surface area contributed by atoms with Gasteiger partial charge in [-0.3, -0.25) is 4.79 Å². The molecule has 1 aliphatic heterocycles. The molecule has 0 bridgehead atoms. The van der Waals surface area contributed by atoms with Crippen molar-refractivity contribution >= 4 is 27.9 Å². The van der Waals surface area contributed by atoms with Crippen molar-refractivity contribution in [2.75, 3.05) is 24.3 Å². The molecule has 2 N–H and O–H groups in total. The lowest BCUT2D eigenvalue weighted by Crippen LogP contribution is -2.35. The topological polar surface area (TPSA) is 55.6 Å². The number of aryl methyl sites for hydroxylation is 1. The van der Waals surface area contributed by atoms with Crippen molar-refractivity contribution < 1.29 is 9.53 Å². The Balaban J connectivity index is 2.11. The Morgan fingerprint density at radius 1 is 1.37 bits per heavy atom. The van der Waals surface area contributed by atoms with Crippen molar-refractivity contribution in [3.63, 3.8) is 0 Å². The number of rotatable bonds is 1. The van der Waals surface area contributed by atoms with Crippen molar-refractivity contribution in [3.8, 4) is 16.9 Å². The Morgan fingerprint density at radius 2 is 2.16 bits per heavy atom. The zero-order valence-electron chi connectivity index (χ0n) is 10.8. The molecule has 0 saturated heterocycles. The molecule has 1 aromatic carbocycles. The first kappa shape index (κ1) is 12.0. The number of ether oxygens (including phenoxy) is 1. The van der Waals surface area contributed by atoms with Crippen molar-refractivity contribution in [2.24, 2.45) is 0 Å². The summed E-state index contributed by atoms with van der Waals surface area (Å²) >= 11 is 1.57. The van der Waals surface area contributed by atoms with Crippen LogP contribution in [0.5, 0.6) is 5.75 Å². The molecule has 0 fully saturated rings. The number of benzene rings is 1. The van der Waals surface area contributed by atoms with Crippen molar-refractivity contribution in [3.05, 3.63) is 29.1 Å². The summed E-state index contributed by atoms with van der Waals surface area (Å²) in [5, 5.41) is 0.795. The Bertz CT molecular complexity index is 663. The van der Waals surface area contributed by atoms with Crippen LogP contribution in [0, 0.1) is 6.92 Å². The smallest absolute Gasteiger partial charge is 0.264 e. The van der Waals surface area contributed by atoms with Gasteiger partial charge in [0.1, 0.15) is 5.75 Å². The molecule has 19 heavy (non-hydrogen) atoms. The number of thiophene rings is 1. The number of nitrogens with two attached hydrogens (primary N) is 1. The molecule has 3 rings (SSSR count). The second-order valence-electron chi connectivity index (χ2n) is 4.56. The fraction of sp³-hybridized carbons (Fsp3) is 0.214. The molecule has 5 heteroatoms. The number of fused-ring (bicyclic) bond motifs is 1. The molecular weight excluding hydrogens is 260 g/mol. The molecule has 0 unspecified atom stereocenters. The summed E-state index contributed by atoms with van der Waals surface area (Å²) in [6.45, 7) is 2.13. The fourth-order valence-electron chi connectivity index (χ4n) is 2.20. The predicted octanol–water partition coefficient (Wildman–Crippen LogP) is 2.66. The molecule has 0 saturated carbocycles. The van der Waals surface area contributed by atoms with Gasteiger partial charge in [0.25, 0.3) is 5.91 Å². The third kappa shape index (κ3) is 1.96. The monoisotopic (exact) mass is 274 g/mol. The van der Waals surface area contributed by atoms with Gasteiger partial charge in [-0.15, -0.1) is 11.3 Å². The molecule has 0 radical (unpaired) electrons. The van der Waals surface area contributed by atoms with Gasteiger partial charge < -0.3 is 15.4 Å². The van der Waals surface area contributed by atoms with E-state index in [0.717, 1.165) is 27.6 Å². The van der Waals surface area contributed by atoms with Crippen LogP contribution in [-0.4, -0.2) is 19.6 Å². The third-order valence-electron chi connectivity index (χ3n) is 3.24. The van der Waals surface area contributed by atoms with Crippen LogP contribution in [0.4, 0.5) is 10.7 Å². The first-order valence-electron chi connectivity index (χ1n) is 5.96. The quantitative estimate of drug-likeness (QED) is 0.869. The van der Waals surface area contributed by atoms with Gasteiger partial charge in [-0.05, 0) is 30.7 Å². The molecular formula is C14H14N2O2S. The SMILES string of the molecule is Cc1cc(-c2ccc3c(c2)N(C)C(=O)CO3)c(N)s1. The van der Waals surface area contributed by atoms with Gasteiger partial charge in [0, 0.05) is 17.5 Å². The minimum Gasteiger partial charge on any atom is -0.482 e. The summed E-state index contributed by atoms with van der Waals surface area (Å²) in [7, 11) is 1.76. The van der Waals surface area contributed by atoms with E-state index >= 15 is 0 Å². The third-order valence-corrected chi connectivity index (χ3v) is 4.12. The Kier molecular flexibility index (Phi) is 2.71. The summed E-state index contributed by atoms with van der Waals surface area (Å²) in [6, 6.07) is 7.87. The van der Waals surface area contributed by atoms with Crippen LogP contribution < -0.4 is 15.4 Å². The highest BCUT2D eigenvalue weighted by Gasteiger charge is 2.22. The van der Waals surface area contributed by atoms with Crippen LogP contribution in [0.3, 0.4) is 0 Å². The van der Waals surface area contributed by atoms with E-state index in [4.69, 9.17) is 10.5 Å². The van der Waals surface area contributed by atoms with Crippen molar-refractivity contribution in [1.29, 1.82) is 0 Å². The standard InChI is InChI=1S/C14H14N2O2S/c1-8-5-10(14(15)19-8)9-3-4-12-11(6-9)16(2)13(17)7-18-12/h3-6H,7,15H2,1-2H3. The van der Waals surface area contributed by atoms with E-state index in [1.54, 1.807) is 23.3 Å². The van der Waals surface area contributed by atoms with Gasteiger partial charge >= 0.3 is 0 Å². The van der Waals surface area contributed by atoms with E-state index in [9.17, 15) is 4.79 Å². The summed E-state index contributed by atoms with van der Waals surface area (Å²) in [6.07, 6.45) is 0. The number of nitrogens with zero attached hydrogens (tertiary/aromatic N) is 1. The maximum atomic E-state index is 11.7. The predicted molar refractivity (Wildman–Crippen MR) is 77.8 cm³/mol. The molecule has 2 aromatic rings. The average Bonchev–Trinajstić information content (AvgIpc) is 2.73. The van der Waals surface area contributed by atoms with Gasteiger partial charge in [-0.2, -0.15) is 0 Å². The zero-order valence-corrected chi connectivity index (χ0v) is 11.6. The van der Waals surface area contributed by atoms with Gasteiger partial charge in [-0.25, -0.2) is 0 Å². The number of anilines is 2. The van der Waals surface area contributed by atoms with Crippen molar-refractivity contribution in [2.45, 2.75) is 6.92 Å². The van der Waals surface area contributed by atoms with E-state index in [0.29, 0.717) is 0 Å². The van der Waals surface area contributed by atoms with Gasteiger partial charge in [-0.1, -0.05) is 6.07 Å². The van der Waals surface area contributed by atoms with Crippen molar-refractivity contribution in [1.82, 2.24) is 0 Å². The molecule has 4 nitrogen and oxygen atoms in total. The highest BCUT2D eigenvalue weighted by atomic mass is 32.1. The van der Waals surface area contributed by atoms with Gasteiger partial charge in [0.05, 0.1) is 10.7 Å². The van der Waals surface area contributed by atoms with Crippen LogP contribution in [0.1, 0.15) is 4.88 Å². The number of hydrogen-bond acceptors (Lipinski definition) is 4. The molecule has 1 aliphatic rings. The van der Waals surface area contributed by atoms with Crippen LogP contribution in [0.25, 0.3) is 11.1 Å². The summed E-state index contributed by atoms with van der Waals surface area (Å²) < 4.78 is 5.41. The van der Waals surface area contributed by atoms with Crippen LogP contribution in [0.15, 0.2) is 24.3 Å². The summed E-state index contributed by atoms with van der Waals surface area (Å²) in [5.74, 6) is 0.690. The number of carbonyl (C=O) groups is 1. The van der Waals surface area contributed by atoms with Gasteiger partial charge in [0.15, 0.2) is 6.61 Å². The van der Waals surface area contributed by atoms with E-state index in [1.807, 2.05) is 25.1 Å². The lowest BCUT2D eigenvalue weighted by Gasteiger charge is -2.26. The summed E-state index contributed by atoms with van der Waals surface area (Å²) in [5.41, 5.74) is 8.82. The number of hydrogen-bond donors (Lipinski definition) is 1. The summed E-state index contributed by atoms with van der Waals surface area (Å²) in [4.78, 5) is 14.4. The molecule has 2 heterocycles. The highest BCUT2D eigenvalue weighted by molar-refractivity contribution is 7.16. The number of amides is 1. The largest absolute Gasteiger partial charge is 0.482 e. The molecule has 1 amide bonds. The van der Waals surface area contributed by atoms with Crippen LogP contribution >= 0.6 is 11.3 Å². The highest BCUT2D eigenvalue weighted by Crippen LogP contribution is 2.39. The van der Waals surface area contributed by atoms with Gasteiger partial charge in [0.2, 0.25) is 0 Å². The average molecular weight is 274 g/mol. The second kappa shape index (κ2) is 4.28. The van der Waals surface area contributed by atoms with E-state index < -0.39 is 0 Å². The van der Waals surface area contributed by atoms with E-state index in [1.165, 1.54) is 4.88 Å². The van der Waals surface area contributed by atoms with E-state index in [-0.39, 0.29) is 12.5 Å². The Hall–Kier alpha value is -2.01. The number of carbonyl (C=O) groups excluding carboxylic acids is 1. The number of nitrogen functional groups attached to an aromatic ring is 1. The fourth-order valence-corrected chi connectivity index (χ4v) is 3.01. The molecule has 1 aromatic heterocycles. The molecule has 0 spiro atoms. The minimum absolute atomic E-state index is 0.0425. The minimum atomic E-state index is -0.0425.